The van der Waals surface area contributed by atoms with Crippen LogP contribution in [0, 0.1) is 0 Å². The molecule has 0 aliphatic rings. The van der Waals surface area contributed by atoms with Crippen molar-refractivity contribution in [3.8, 4) is 21.1 Å². The summed E-state index contributed by atoms with van der Waals surface area (Å²) in [6, 6.07) is 0. The molecule has 6 rings (SSSR count). The molecule has 0 aromatic carbocycles. The van der Waals surface area contributed by atoms with Crippen LogP contribution >= 0.6 is 56.9 Å². The van der Waals surface area contributed by atoms with Crippen LogP contribution in [0.5, 0.6) is 0 Å². The third-order valence-electron chi connectivity index (χ3n) is 4.03. The van der Waals surface area contributed by atoms with E-state index < -0.39 is 0 Å². The second-order valence-electron chi connectivity index (χ2n) is 5.73. The smallest absolute Gasteiger partial charge is 0.260 e. The average molecular weight is 489 g/mol. The van der Waals surface area contributed by atoms with Gasteiger partial charge in [-0.2, -0.15) is 0 Å². The predicted molar refractivity (Wildman–Crippen MR) is 125 cm³/mol. The highest BCUT2D eigenvalue weighted by Gasteiger charge is 2.13. The molecular formula is C18H9ClN6OS4. The first kappa shape index (κ1) is 19.4. The lowest BCUT2D eigenvalue weighted by Crippen LogP contribution is -2.05. The van der Waals surface area contributed by atoms with Crippen molar-refractivity contribution < 1.29 is 0 Å². The molecule has 0 atom stereocenters. The number of halogens is 1. The van der Waals surface area contributed by atoms with Gasteiger partial charge in [0, 0.05) is 45.0 Å². The fourth-order valence-corrected chi connectivity index (χ4v) is 6.30. The van der Waals surface area contributed by atoms with Gasteiger partial charge in [-0.1, -0.05) is 11.6 Å². The molecular weight excluding hydrogens is 480 g/mol. The number of fused-ring (bicyclic) bond motifs is 2. The summed E-state index contributed by atoms with van der Waals surface area (Å²) in [6.45, 7) is 0. The molecule has 0 unspecified atom stereocenters. The normalized spacial score (nSPS) is 11.0. The van der Waals surface area contributed by atoms with Crippen LogP contribution in [0.15, 0.2) is 51.4 Å². The van der Waals surface area contributed by atoms with E-state index >= 15 is 0 Å². The Morgan fingerprint density at radius 3 is 2.03 bits per heavy atom. The van der Waals surface area contributed by atoms with Crippen molar-refractivity contribution in [3.05, 3.63) is 62.1 Å². The Kier molecular flexibility index (Phi) is 5.35. The Balaban J connectivity index is 0.000000128. The summed E-state index contributed by atoms with van der Waals surface area (Å²) >= 11 is 12.2. The molecule has 1 N–H and O–H groups in total. The van der Waals surface area contributed by atoms with E-state index in [-0.39, 0.29) is 5.56 Å². The van der Waals surface area contributed by atoms with Crippen LogP contribution in [0.25, 0.3) is 41.6 Å². The lowest BCUT2D eigenvalue weighted by molar-refractivity contribution is 1.18. The van der Waals surface area contributed by atoms with Gasteiger partial charge in [-0.05, 0) is 0 Å². The van der Waals surface area contributed by atoms with Gasteiger partial charge in [-0.25, -0.2) is 24.9 Å². The number of nitrogens with zero attached hydrogens (tertiary/aromatic N) is 5. The quantitative estimate of drug-likeness (QED) is 0.320. The topological polar surface area (TPSA) is 97.3 Å². The van der Waals surface area contributed by atoms with Crippen LogP contribution in [0.1, 0.15) is 0 Å². The van der Waals surface area contributed by atoms with Crippen molar-refractivity contribution in [3.63, 3.8) is 0 Å². The standard InChI is InChI=1S/C9H4ClN3S2.C9H5N3OS2/c10-7-6-5(8-11-1-2-14-8)3-15-9(6)13-4-12-7;13-7-6-5(8-10-1-2-14-8)3-15-9(6)12-4-11-7/h1-4H;1-4H,(H,11,12,13). The minimum Gasteiger partial charge on any atom is -0.313 e. The Morgan fingerprint density at radius 2 is 1.40 bits per heavy atom. The average Bonchev–Trinajstić information content (AvgIpc) is 3.54. The number of thiazole rings is 2. The molecule has 30 heavy (non-hydrogen) atoms. The van der Waals surface area contributed by atoms with Gasteiger partial charge >= 0.3 is 0 Å². The Labute approximate surface area is 189 Å². The molecule has 6 aromatic heterocycles. The van der Waals surface area contributed by atoms with E-state index in [1.165, 1.54) is 35.3 Å². The molecule has 0 aliphatic carbocycles. The molecule has 7 nitrogen and oxygen atoms in total. The summed E-state index contributed by atoms with van der Waals surface area (Å²) in [5, 5.41) is 11.6. The first-order chi connectivity index (χ1) is 14.7. The Bertz CT molecular complexity index is 1490. The van der Waals surface area contributed by atoms with E-state index in [9.17, 15) is 4.79 Å². The molecule has 0 amide bonds. The van der Waals surface area contributed by atoms with E-state index in [1.54, 1.807) is 35.1 Å². The zero-order valence-electron chi connectivity index (χ0n) is 14.8. The number of hydrogen-bond acceptors (Lipinski definition) is 10. The van der Waals surface area contributed by atoms with E-state index in [0.717, 1.165) is 36.2 Å². The molecule has 0 fully saturated rings. The largest absolute Gasteiger partial charge is 0.313 e. The van der Waals surface area contributed by atoms with Gasteiger partial charge in [-0.3, -0.25) is 4.79 Å². The number of H-pyrrole nitrogens is 1. The van der Waals surface area contributed by atoms with Crippen LogP contribution in [0.4, 0.5) is 0 Å². The highest BCUT2D eigenvalue weighted by Crippen LogP contribution is 2.36. The van der Waals surface area contributed by atoms with Crippen molar-refractivity contribution >= 4 is 77.4 Å². The summed E-state index contributed by atoms with van der Waals surface area (Å²) in [4.78, 5) is 36.6. The maximum absolute atomic E-state index is 11.6. The van der Waals surface area contributed by atoms with Crippen molar-refractivity contribution in [1.82, 2.24) is 29.9 Å². The molecule has 0 bridgehead atoms. The minimum atomic E-state index is -0.105. The maximum atomic E-state index is 11.6. The second kappa shape index (κ2) is 8.28. The lowest BCUT2D eigenvalue weighted by atomic mass is 10.2. The van der Waals surface area contributed by atoms with E-state index in [4.69, 9.17) is 11.6 Å². The first-order valence-corrected chi connectivity index (χ1v) is 12.2. The minimum absolute atomic E-state index is 0.105. The van der Waals surface area contributed by atoms with Crippen molar-refractivity contribution in [2.45, 2.75) is 0 Å². The van der Waals surface area contributed by atoms with Gasteiger partial charge in [-0.15, -0.1) is 45.3 Å². The number of nitrogens with one attached hydrogen (secondary N) is 1. The fraction of sp³-hybridized carbons (Fsp3) is 0. The predicted octanol–water partition coefficient (Wildman–Crippen LogP) is 5.58. The van der Waals surface area contributed by atoms with Crippen LogP contribution in [-0.2, 0) is 0 Å². The van der Waals surface area contributed by atoms with Crippen LogP contribution in [0.2, 0.25) is 5.15 Å². The number of rotatable bonds is 2. The number of hydrogen-bond donors (Lipinski definition) is 1. The molecule has 0 saturated heterocycles. The van der Waals surface area contributed by atoms with Gasteiger partial charge in [0.1, 0.15) is 31.2 Å². The van der Waals surface area contributed by atoms with E-state index in [2.05, 4.69) is 29.9 Å². The highest BCUT2D eigenvalue weighted by atomic mass is 35.5. The van der Waals surface area contributed by atoms with Gasteiger partial charge in [0.2, 0.25) is 0 Å². The van der Waals surface area contributed by atoms with Crippen molar-refractivity contribution in [2.75, 3.05) is 0 Å². The number of aromatic nitrogens is 6. The summed E-state index contributed by atoms with van der Waals surface area (Å²) in [7, 11) is 0. The van der Waals surface area contributed by atoms with Gasteiger partial charge in [0.25, 0.3) is 5.56 Å². The third-order valence-corrected chi connectivity index (χ3v) is 7.70. The molecule has 148 valence electrons. The molecule has 12 heteroatoms. The fourth-order valence-electron chi connectivity index (χ4n) is 2.75. The van der Waals surface area contributed by atoms with Gasteiger partial charge in [0.15, 0.2) is 0 Å². The molecule has 6 aromatic rings. The monoisotopic (exact) mass is 488 g/mol. The molecule has 6 heterocycles. The van der Waals surface area contributed by atoms with Gasteiger partial charge < -0.3 is 4.98 Å². The summed E-state index contributed by atoms with van der Waals surface area (Å²) < 4.78 is 0. The van der Waals surface area contributed by atoms with Gasteiger partial charge in [0.05, 0.1) is 17.1 Å². The van der Waals surface area contributed by atoms with E-state index in [1.807, 2.05) is 21.5 Å². The van der Waals surface area contributed by atoms with Crippen LogP contribution in [0.3, 0.4) is 0 Å². The SMILES string of the molecule is Clc1ncnc2scc(-c3nccs3)c12.O=c1[nH]cnc2scc(-c3nccs3)c12. The Hall–Kier alpha value is -2.57. The van der Waals surface area contributed by atoms with E-state index in [0.29, 0.717) is 10.5 Å². The molecule has 0 spiro atoms. The van der Waals surface area contributed by atoms with Crippen LogP contribution < -0.4 is 5.56 Å². The molecule has 0 aliphatic heterocycles. The number of aromatic amines is 1. The highest BCUT2D eigenvalue weighted by molar-refractivity contribution is 7.19. The zero-order chi connectivity index (χ0) is 20.5. The van der Waals surface area contributed by atoms with Crippen LogP contribution in [-0.4, -0.2) is 29.9 Å². The van der Waals surface area contributed by atoms with Crippen molar-refractivity contribution in [2.24, 2.45) is 0 Å². The summed E-state index contributed by atoms with van der Waals surface area (Å²) in [6.07, 6.45) is 6.41. The maximum Gasteiger partial charge on any atom is 0.260 e. The summed E-state index contributed by atoms with van der Waals surface area (Å²) in [5.74, 6) is 0. The third kappa shape index (κ3) is 3.55. The number of thiophene rings is 2. The molecule has 0 radical (unpaired) electrons. The lowest BCUT2D eigenvalue weighted by Gasteiger charge is -1.95. The zero-order valence-corrected chi connectivity index (χ0v) is 18.8. The second-order valence-corrected chi connectivity index (χ2v) is 9.59. The molecule has 0 saturated carbocycles. The Morgan fingerprint density at radius 1 is 0.767 bits per heavy atom. The summed E-state index contributed by atoms with van der Waals surface area (Å²) in [5.41, 5.74) is 1.79. The first-order valence-electron chi connectivity index (χ1n) is 8.34. The van der Waals surface area contributed by atoms with Crippen molar-refractivity contribution in [1.29, 1.82) is 0 Å².